The van der Waals surface area contributed by atoms with E-state index in [0.29, 0.717) is 24.1 Å². The predicted molar refractivity (Wildman–Crippen MR) is 84.9 cm³/mol. The summed E-state index contributed by atoms with van der Waals surface area (Å²) < 4.78 is 11.0. The molecule has 0 aliphatic carbocycles. The molecule has 22 heavy (non-hydrogen) atoms. The zero-order valence-corrected chi connectivity index (χ0v) is 13.1. The van der Waals surface area contributed by atoms with Crippen molar-refractivity contribution < 1.29 is 9.15 Å². The standard InChI is InChI=1S/C16H20N4O2/c1-20(2)10-6-9-18-16-13(11-17)19-15(22-16)12-7-4-5-8-14(12)21-3/h4-5,7-8,18H,6,9-10H2,1-3H3. The van der Waals surface area contributed by atoms with Crippen molar-refractivity contribution >= 4 is 5.88 Å². The van der Waals surface area contributed by atoms with Crippen molar-refractivity contribution in [2.75, 3.05) is 39.6 Å². The van der Waals surface area contributed by atoms with Crippen LogP contribution in [0.2, 0.25) is 0 Å². The molecule has 0 fully saturated rings. The Hall–Kier alpha value is -2.52. The molecule has 6 nitrogen and oxygen atoms in total. The zero-order valence-electron chi connectivity index (χ0n) is 13.1. The lowest BCUT2D eigenvalue weighted by Crippen LogP contribution is -2.16. The van der Waals surface area contributed by atoms with Crippen LogP contribution in [0.25, 0.3) is 11.5 Å². The summed E-state index contributed by atoms with van der Waals surface area (Å²) in [6.07, 6.45) is 0.947. The molecule has 1 aromatic carbocycles. The average molecular weight is 300 g/mol. The number of nitrogens with zero attached hydrogens (tertiary/aromatic N) is 3. The van der Waals surface area contributed by atoms with E-state index in [1.807, 2.05) is 38.4 Å². The average Bonchev–Trinajstić information content (AvgIpc) is 2.94. The summed E-state index contributed by atoms with van der Waals surface area (Å²) in [5, 5.41) is 12.3. The third kappa shape index (κ3) is 3.77. The summed E-state index contributed by atoms with van der Waals surface area (Å²) in [5.41, 5.74) is 0.980. The van der Waals surface area contributed by atoms with Crippen molar-refractivity contribution in [3.05, 3.63) is 30.0 Å². The Labute approximate surface area is 130 Å². The van der Waals surface area contributed by atoms with E-state index in [9.17, 15) is 5.26 Å². The molecule has 0 saturated carbocycles. The summed E-state index contributed by atoms with van der Waals surface area (Å²) in [6.45, 7) is 1.68. The Morgan fingerprint density at radius 3 is 2.82 bits per heavy atom. The van der Waals surface area contributed by atoms with Crippen LogP contribution in [0.3, 0.4) is 0 Å². The van der Waals surface area contributed by atoms with Crippen LogP contribution in [-0.2, 0) is 0 Å². The maximum atomic E-state index is 9.20. The van der Waals surface area contributed by atoms with Crippen LogP contribution in [-0.4, -0.2) is 44.2 Å². The number of ether oxygens (including phenoxy) is 1. The molecule has 116 valence electrons. The third-order valence-electron chi connectivity index (χ3n) is 3.14. The topological polar surface area (TPSA) is 74.3 Å². The lowest BCUT2D eigenvalue weighted by atomic mass is 10.2. The fraction of sp³-hybridized carbons (Fsp3) is 0.375. The molecule has 0 radical (unpaired) electrons. The molecule has 1 aromatic heterocycles. The van der Waals surface area contributed by atoms with Crippen LogP contribution in [0, 0.1) is 11.3 Å². The molecule has 0 aliphatic rings. The number of aromatic nitrogens is 1. The van der Waals surface area contributed by atoms with Crippen LogP contribution in [0.1, 0.15) is 12.1 Å². The van der Waals surface area contributed by atoms with Crippen LogP contribution in [0.5, 0.6) is 5.75 Å². The van der Waals surface area contributed by atoms with Gasteiger partial charge in [0.15, 0.2) is 0 Å². The molecule has 0 amide bonds. The first-order chi connectivity index (χ1) is 10.7. The maximum Gasteiger partial charge on any atom is 0.233 e. The SMILES string of the molecule is COc1ccccc1-c1nc(C#N)c(NCCCN(C)C)o1. The molecule has 2 aromatic rings. The van der Waals surface area contributed by atoms with E-state index in [4.69, 9.17) is 9.15 Å². The van der Waals surface area contributed by atoms with Gasteiger partial charge in [0.2, 0.25) is 17.5 Å². The van der Waals surface area contributed by atoms with Gasteiger partial charge < -0.3 is 19.4 Å². The van der Waals surface area contributed by atoms with E-state index < -0.39 is 0 Å². The van der Waals surface area contributed by atoms with Gasteiger partial charge in [-0.1, -0.05) is 12.1 Å². The van der Waals surface area contributed by atoms with E-state index in [1.54, 1.807) is 7.11 Å². The molecule has 0 atom stereocenters. The summed E-state index contributed by atoms with van der Waals surface area (Å²) in [7, 11) is 5.64. The molecule has 0 aliphatic heterocycles. The first-order valence-corrected chi connectivity index (χ1v) is 7.08. The first kappa shape index (κ1) is 15.9. The predicted octanol–water partition coefficient (Wildman–Crippen LogP) is 2.59. The molecule has 1 N–H and O–H groups in total. The Kier molecular flexibility index (Phi) is 5.39. The molecule has 0 spiro atoms. The number of para-hydroxylation sites is 1. The maximum absolute atomic E-state index is 9.20. The van der Waals surface area contributed by atoms with Crippen LogP contribution < -0.4 is 10.1 Å². The minimum Gasteiger partial charge on any atom is -0.496 e. The second-order valence-electron chi connectivity index (χ2n) is 5.09. The molecule has 6 heteroatoms. The molecule has 0 unspecified atom stereocenters. The van der Waals surface area contributed by atoms with Crippen molar-refractivity contribution in [3.8, 4) is 23.3 Å². The van der Waals surface area contributed by atoms with Crippen LogP contribution in [0.15, 0.2) is 28.7 Å². The number of hydrogen-bond donors (Lipinski definition) is 1. The lowest BCUT2D eigenvalue weighted by molar-refractivity contribution is 0.404. The molecular formula is C16H20N4O2. The van der Waals surface area contributed by atoms with Crippen molar-refractivity contribution in [3.63, 3.8) is 0 Å². The third-order valence-corrected chi connectivity index (χ3v) is 3.14. The largest absolute Gasteiger partial charge is 0.496 e. The number of benzene rings is 1. The zero-order chi connectivity index (χ0) is 15.9. The second-order valence-corrected chi connectivity index (χ2v) is 5.09. The monoisotopic (exact) mass is 300 g/mol. The van der Waals surface area contributed by atoms with E-state index in [2.05, 4.69) is 21.3 Å². The van der Waals surface area contributed by atoms with Gasteiger partial charge in [-0.25, -0.2) is 0 Å². The Morgan fingerprint density at radius 1 is 1.36 bits per heavy atom. The van der Waals surface area contributed by atoms with Gasteiger partial charge in [-0.3, -0.25) is 0 Å². The number of methoxy groups -OCH3 is 1. The van der Waals surface area contributed by atoms with Gasteiger partial charge in [-0.2, -0.15) is 10.2 Å². The summed E-state index contributed by atoms with van der Waals surface area (Å²) >= 11 is 0. The van der Waals surface area contributed by atoms with Gasteiger partial charge in [0.1, 0.15) is 11.8 Å². The Balaban J connectivity index is 2.16. The summed E-state index contributed by atoms with van der Waals surface area (Å²) in [4.78, 5) is 6.35. The van der Waals surface area contributed by atoms with E-state index in [-0.39, 0.29) is 5.69 Å². The number of nitriles is 1. The summed E-state index contributed by atoms with van der Waals surface area (Å²) in [6, 6.07) is 9.48. The second kappa shape index (κ2) is 7.48. The van der Waals surface area contributed by atoms with Crippen molar-refractivity contribution in [2.24, 2.45) is 0 Å². The van der Waals surface area contributed by atoms with E-state index >= 15 is 0 Å². The highest BCUT2D eigenvalue weighted by Gasteiger charge is 2.16. The minimum absolute atomic E-state index is 0.255. The van der Waals surface area contributed by atoms with Crippen LogP contribution in [0.4, 0.5) is 5.88 Å². The number of hydrogen-bond acceptors (Lipinski definition) is 6. The molecular weight excluding hydrogens is 280 g/mol. The first-order valence-electron chi connectivity index (χ1n) is 7.08. The van der Waals surface area contributed by atoms with Crippen molar-refractivity contribution in [1.29, 1.82) is 5.26 Å². The minimum atomic E-state index is 0.255. The van der Waals surface area contributed by atoms with Gasteiger partial charge in [0, 0.05) is 6.54 Å². The lowest BCUT2D eigenvalue weighted by Gasteiger charge is -2.09. The number of anilines is 1. The highest BCUT2D eigenvalue weighted by atomic mass is 16.5. The fourth-order valence-corrected chi connectivity index (χ4v) is 2.05. The number of rotatable bonds is 7. The van der Waals surface area contributed by atoms with Gasteiger partial charge in [0.25, 0.3) is 0 Å². The Bertz CT molecular complexity index is 658. The summed E-state index contributed by atoms with van der Waals surface area (Å²) in [5.74, 6) is 1.44. The fourth-order valence-electron chi connectivity index (χ4n) is 2.05. The van der Waals surface area contributed by atoms with E-state index in [0.717, 1.165) is 18.5 Å². The Morgan fingerprint density at radius 2 is 2.14 bits per heavy atom. The quantitative estimate of drug-likeness (QED) is 0.792. The van der Waals surface area contributed by atoms with Crippen molar-refractivity contribution in [2.45, 2.75) is 6.42 Å². The molecule has 2 rings (SSSR count). The van der Waals surface area contributed by atoms with Crippen molar-refractivity contribution in [1.82, 2.24) is 9.88 Å². The van der Waals surface area contributed by atoms with Gasteiger partial charge >= 0.3 is 0 Å². The smallest absolute Gasteiger partial charge is 0.233 e. The number of oxazole rings is 1. The molecule has 0 bridgehead atoms. The van der Waals surface area contributed by atoms with Gasteiger partial charge in [0.05, 0.1) is 12.7 Å². The molecule has 1 heterocycles. The normalized spacial score (nSPS) is 10.5. The van der Waals surface area contributed by atoms with Gasteiger partial charge in [-0.05, 0) is 39.2 Å². The molecule has 0 saturated heterocycles. The highest BCUT2D eigenvalue weighted by molar-refractivity contribution is 5.65. The highest BCUT2D eigenvalue weighted by Crippen LogP contribution is 2.31. The number of nitrogens with one attached hydrogen (secondary N) is 1. The van der Waals surface area contributed by atoms with Gasteiger partial charge in [-0.15, -0.1) is 0 Å². The van der Waals surface area contributed by atoms with E-state index in [1.165, 1.54) is 0 Å². The van der Waals surface area contributed by atoms with Crippen LogP contribution >= 0.6 is 0 Å².